The highest BCUT2D eigenvalue weighted by Crippen LogP contribution is 2.56. The van der Waals surface area contributed by atoms with Crippen LogP contribution in [0.4, 0.5) is 0 Å². The smallest absolute Gasteiger partial charge is 0.165 e. The van der Waals surface area contributed by atoms with E-state index < -0.39 is 0 Å². The Morgan fingerprint density at radius 3 is 2.54 bits per heavy atom. The van der Waals surface area contributed by atoms with Crippen LogP contribution >= 0.6 is 0 Å². The second kappa shape index (κ2) is 14.1. The summed E-state index contributed by atoms with van der Waals surface area (Å²) in [5, 5.41) is 3.37. The Labute approximate surface area is 224 Å². The lowest BCUT2D eigenvalue weighted by molar-refractivity contribution is 0.0154. The maximum atomic E-state index is 6.58. The molecule has 1 aliphatic carbocycles. The van der Waals surface area contributed by atoms with E-state index in [2.05, 4.69) is 43.2 Å². The first-order valence-electron chi connectivity index (χ1n) is 14.6. The van der Waals surface area contributed by atoms with Gasteiger partial charge in [-0.2, -0.15) is 0 Å². The molecule has 1 aromatic carbocycles. The number of ether oxygens (including phenoxy) is 5. The summed E-state index contributed by atoms with van der Waals surface area (Å²) in [6.45, 7) is 12.4. The molecule has 0 amide bonds. The molecule has 0 bridgehead atoms. The highest BCUT2D eigenvalue weighted by Gasteiger charge is 2.54. The topological polar surface area (TPSA) is 61.4 Å². The van der Waals surface area contributed by atoms with Crippen LogP contribution in [0.2, 0.25) is 0 Å². The summed E-state index contributed by atoms with van der Waals surface area (Å²) in [6.07, 6.45) is 7.43. The number of aryl methyl sites for hydroxylation is 1. The monoisotopic (exact) mass is 518 g/mol. The van der Waals surface area contributed by atoms with Crippen LogP contribution < -0.4 is 14.8 Å². The molecule has 210 valence electrons. The number of rotatable bonds is 17. The normalized spacial score (nSPS) is 25.4. The quantitative estimate of drug-likeness (QED) is 0.312. The van der Waals surface area contributed by atoms with Crippen molar-refractivity contribution in [2.45, 2.75) is 63.8 Å². The zero-order valence-electron chi connectivity index (χ0n) is 23.7. The molecule has 7 nitrogen and oxygen atoms in total. The third-order valence-electron chi connectivity index (χ3n) is 8.69. The van der Waals surface area contributed by atoms with Gasteiger partial charge in [0.15, 0.2) is 11.5 Å². The van der Waals surface area contributed by atoms with Crippen LogP contribution in [0.3, 0.4) is 0 Å². The fourth-order valence-corrected chi connectivity index (χ4v) is 6.49. The van der Waals surface area contributed by atoms with Crippen molar-refractivity contribution in [2.75, 3.05) is 80.0 Å². The molecule has 2 aliphatic heterocycles. The molecule has 1 saturated carbocycles. The van der Waals surface area contributed by atoms with Gasteiger partial charge in [-0.25, -0.2) is 0 Å². The molecule has 1 spiro atoms. The zero-order valence-corrected chi connectivity index (χ0v) is 23.7. The van der Waals surface area contributed by atoms with Crippen LogP contribution in [-0.2, 0) is 26.0 Å². The molecule has 7 heteroatoms. The summed E-state index contributed by atoms with van der Waals surface area (Å²) in [5.74, 6) is 3.36. The van der Waals surface area contributed by atoms with Crippen molar-refractivity contribution in [2.24, 2.45) is 11.8 Å². The van der Waals surface area contributed by atoms with Crippen molar-refractivity contribution in [1.29, 1.82) is 0 Å². The van der Waals surface area contributed by atoms with E-state index >= 15 is 0 Å². The van der Waals surface area contributed by atoms with Gasteiger partial charge in [0, 0.05) is 30.7 Å². The average Bonchev–Trinajstić information content (AvgIpc) is 3.66. The van der Waals surface area contributed by atoms with Crippen LogP contribution in [0.15, 0.2) is 12.1 Å². The number of likely N-dealkylation sites (tertiary alicyclic amines) is 1. The predicted octanol–water partition coefficient (Wildman–Crippen LogP) is 4.06. The van der Waals surface area contributed by atoms with E-state index in [1.54, 1.807) is 7.11 Å². The van der Waals surface area contributed by atoms with E-state index in [9.17, 15) is 0 Å². The van der Waals surface area contributed by atoms with Gasteiger partial charge in [0.2, 0.25) is 0 Å². The lowest BCUT2D eigenvalue weighted by atomic mass is 9.61. The SMILES string of the molecule is CCc1ccc(OCCOCCOCCOC)c2c1C1(CCN(CC3CC3)C(C)C1CCCNC)CO2. The lowest BCUT2D eigenvalue weighted by Crippen LogP contribution is -2.56. The number of benzene rings is 1. The summed E-state index contributed by atoms with van der Waals surface area (Å²) >= 11 is 0. The van der Waals surface area contributed by atoms with Gasteiger partial charge >= 0.3 is 0 Å². The fraction of sp³-hybridized carbons (Fsp3) is 0.800. The number of piperidine rings is 1. The first-order chi connectivity index (χ1) is 18.1. The number of hydrogen-bond acceptors (Lipinski definition) is 7. The van der Waals surface area contributed by atoms with Crippen LogP contribution in [0.25, 0.3) is 0 Å². The summed E-state index contributed by atoms with van der Waals surface area (Å²) < 4.78 is 29.0. The number of methoxy groups -OCH3 is 1. The minimum absolute atomic E-state index is 0.0727. The Morgan fingerprint density at radius 1 is 1.08 bits per heavy atom. The van der Waals surface area contributed by atoms with Crippen molar-refractivity contribution >= 4 is 0 Å². The third-order valence-corrected chi connectivity index (χ3v) is 8.69. The molecule has 0 radical (unpaired) electrons. The van der Waals surface area contributed by atoms with Crippen molar-refractivity contribution in [3.05, 3.63) is 23.3 Å². The van der Waals surface area contributed by atoms with Gasteiger partial charge < -0.3 is 33.9 Å². The van der Waals surface area contributed by atoms with Gasteiger partial charge in [-0.3, -0.25) is 0 Å². The zero-order chi connectivity index (χ0) is 26.1. The Balaban J connectivity index is 1.45. The third kappa shape index (κ3) is 6.99. The van der Waals surface area contributed by atoms with Crippen molar-refractivity contribution in [1.82, 2.24) is 10.2 Å². The molecule has 3 unspecified atom stereocenters. The van der Waals surface area contributed by atoms with E-state index in [1.807, 2.05) is 0 Å². The van der Waals surface area contributed by atoms with Gasteiger partial charge in [0.05, 0.1) is 39.6 Å². The number of fused-ring (bicyclic) bond motifs is 2. The molecule has 4 rings (SSSR count). The van der Waals surface area contributed by atoms with Crippen LogP contribution in [0, 0.1) is 11.8 Å². The molecule has 37 heavy (non-hydrogen) atoms. The van der Waals surface area contributed by atoms with E-state index in [1.165, 1.54) is 49.8 Å². The largest absolute Gasteiger partial charge is 0.488 e. The van der Waals surface area contributed by atoms with Crippen molar-refractivity contribution in [3.63, 3.8) is 0 Å². The Morgan fingerprint density at radius 2 is 1.84 bits per heavy atom. The van der Waals surface area contributed by atoms with Crippen LogP contribution in [-0.4, -0.2) is 91.0 Å². The van der Waals surface area contributed by atoms with Crippen LogP contribution in [0.5, 0.6) is 11.5 Å². The summed E-state index contributed by atoms with van der Waals surface area (Å²) in [7, 11) is 3.74. The van der Waals surface area contributed by atoms with Gasteiger partial charge in [-0.15, -0.1) is 0 Å². The molecule has 1 saturated heterocycles. The van der Waals surface area contributed by atoms with Gasteiger partial charge in [-0.05, 0) is 89.1 Å². The lowest BCUT2D eigenvalue weighted by Gasteiger charge is -2.50. The highest BCUT2D eigenvalue weighted by atomic mass is 16.6. The molecule has 3 aliphatic rings. The van der Waals surface area contributed by atoms with E-state index in [-0.39, 0.29) is 5.41 Å². The Kier molecular flexibility index (Phi) is 10.9. The standard InChI is InChI=1S/C30H50N2O5/c1-5-25-10-11-27(36-20-19-35-18-17-34-16-15-33-4)29-28(25)30(22-37-29)12-14-32(21-24-8-9-24)23(2)26(30)7-6-13-31-3/h10-11,23-24,26,31H,5-9,12-22H2,1-4H3. The fourth-order valence-electron chi connectivity index (χ4n) is 6.49. The molecule has 2 fully saturated rings. The first kappa shape index (κ1) is 28.6. The molecular formula is C30H50N2O5. The van der Waals surface area contributed by atoms with Crippen LogP contribution in [0.1, 0.15) is 57.1 Å². The molecule has 2 heterocycles. The molecule has 1 N–H and O–H groups in total. The van der Waals surface area contributed by atoms with E-state index in [4.69, 9.17) is 23.7 Å². The first-order valence-corrected chi connectivity index (χ1v) is 14.6. The summed E-state index contributed by atoms with van der Waals surface area (Å²) in [6, 6.07) is 4.95. The highest BCUT2D eigenvalue weighted by molar-refractivity contribution is 5.58. The molecule has 1 aromatic rings. The Bertz CT molecular complexity index is 832. The average molecular weight is 519 g/mol. The minimum atomic E-state index is 0.0727. The minimum Gasteiger partial charge on any atom is -0.488 e. The van der Waals surface area contributed by atoms with E-state index in [0.717, 1.165) is 43.5 Å². The number of nitrogens with zero attached hydrogens (tertiary/aromatic N) is 1. The number of hydrogen-bond donors (Lipinski definition) is 1. The van der Waals surface area contributed by atoms with E-state index in [0.29, 0.717) is 51.6 Å². The maximum Gasteiger partial charge on any atom is 0.165 e. The molecular weight excluding hydrogens is 468 g/mol. The Hall–Kier alpha value is -1.38. The molecule has 0 aromatic heterocycles. The van der Waals surface area contributed by atoms with Crippen molar-refractivity contribution < 1.29 is 23.7 Å². The van der Waals surface area contributed by atoms with Crippen molar-refractivity contribution in [3.8, 4) is 11.5 Å². The maximum absolute atomic E-state index is 6.58. The predicted molar refractivity (Wildman–Crippen MR) is 147 cm³/mol. The second-order valence-electron chi connectivity index (χ2n) is 11.1. The van der Waals surface area contributed by atoms with Gasteiger partial charge in [0.1, 0.15) is 6.61 Å². The van der Waals surface area contributed by atoms with Gasteiger partial charge in [-0.1, -0.05) is 13.0 Å². The second-order valence-corrected chi connectivity index (χ2v) is 11.1. The molecule has 3 atom stereocenters. The summed E-state index contributed by atoms with van der Waals surface area (Å²) in [5.41, 5.74) is 2.93. The summed E-state index contributed by atoms with van der Waals surface area (Å²) in [4.78, 5) is 2.78. The number of nitrogens with one attached hydrogen (secondary N) is 1. The van der Waals surface area contributed by atoms with Gasteiger partial charge in [0.25, 0.3) is 0 Å².